The van der Waals surface area contributed by atoms with Gasteiger partial charge in [-0.05, 0) is 70.1 Å². The molecule has 0 atom stereocenters. The third-order valence-corrected chi connectivity index (χ3v) is 4.57. The van der Waals surface area contributed by atoms with Gasteiger partial charge in [-0.2, -0.15) is 0 Å². The van der Waals surface area contributed by atoms with Crippen molar-refractivity contribution >= 4 is 12.1 Å². The first kappa shape index (κ1) is 21.1. The van der Waals surface area contributed by atoms with Gasteiger partial charge in [-0.1, -0.05) is 12.1 Å². The summed E-state index contributed by atoms with van der Waals surface area (Å²) >= 11 is 0. The summed E-state index contributed by atoms with van der Waals surface area (Å²) in [6.07, 6.45) is 3.87. The van der Waals surface area contributed by atoms with Crippen molar-refractivity contribution < 1.29 is 24.2 Å². The number of carbonyl (C=O) groups excluding carboxylic acids is 1. The van der Waals surface area contributed by atoms with Gasteiger partial charge in [0.2, 0.25) is 0 Å². The molecule has 1 fully saturated rings. The normalized spacial score (nSPS) is 15.4. The Bertz CT molecular complexity index is 612. The van der Waals surface area contributed by atoms with E-state index in [1.54, 1.807) is 17.0 Å². The summed E-state index contributed by atoms with van der Waals surface area (Å²) in [6, 6.07) is 7.21. The Balaban J connectivity index is 1.62. The largest absolute Gasteiger partial charge is 0.494 e. The van der Waals surface area contributed by atoms with Crippen molar-refractivity contribution in [3.05, 3.63) is 29.8 Å². The van der Waals surface area contributed by atoms with Gasteiger partial charge in [0.05, 0.1) is 13.0 Å². The van der Waals surface area contributed by atoms with Crippen molar-refractivity contribution in [1.29, 1.82) is 0 Å². The minimum atomic E-state index is -0.832. The van der Waals surface area contributed by atoms with Crippen molar-refractivity contribution in [2.24, 2.45) is 5.92 Å². The number of rotatable bonds is 7. The average Bonchev–Trinajstić information content (AvgIpc) is 2.58. The van der Waals surface area contributed by atoms with Crippen LogP contribution in [0.5, 0.6) is 5.75 Å². The first-order valence-electron chi connectivity index (χ1n) is 9.64. The summed E-state index contributed by atoms with van der Waals surface area (Å²) in [4.78, 5) is 24.5. The van der Waals surface area contributed by atoms with E-state index in [0.717, 1.165) is 50.1 Å². The Morgan fingerprint density at radius 2 is 1.78 bits per heavy atom. The summed E-state index contributed by atoms with van der Waals surface area (Å²) in [6.45, 7) is 7.81. The van der Waals surface area contributed by atoms with Gasteiger partial charge in [0, 0.05) is 13.1 Å². The Kier molecular flexibility index (Phi) is 7.51. The number of ether oxygens (including phenoxy) is 2. The molecular formula is C21H31NO5. The van der Waals surface area contributed by atoms with Crippen LogP contribution in [-0.2, 0) is 16.0 Å². The average molecular weight is 377 g/mol. The van der Waals surface area contributed by atoms with Gasteiger partial charge >= 0.3 is 12.1 Å². The van der Waals surface area contributed by atoms with Crippen molar-refractivity contribution in [2.75, 3.05) is 19.7 Å². The number of likely N-dealkylation sites (tertiary alicyclic amines) is 1. The molecule has 0 aliphatic carbocycles. The molecule has 0 unspecified atom stereocenters. The molecule has 150 valence electrons. The fourth-order valence-corrected chi connectivity index (χ4v) is 3.17. The predicted octanol–water partition coefficient (Wildman–Crippen LogP) is 4.12. The molecule has 1 N–H and O–H groups in total. The molecule has 6 nitrogen and oxygen atoms in total. The topological polar surface area (TPSA) is 76.1 Å². The molecule has 1 heterocycles. The van der Waals surface area contributed by atoms with Crippen molar-refractivity contribution in [3.63, 3.8) is 0 Å². The van der Waals surface area contributed by atoms with E-state index >= 15 is 0 Å². The van der Waals surface area contributed by atoms with Crippen molar-refractivity contribution in [2.45, 2.75) is 58.5 Å². The number of piperidine rings is 1. The van der Waals surface area contributed by atoms with E-state index in [-0.39, 0.29) is 12.5 Å². The lowest BCUT2D eigenvalue weighted by Crippen LogP contribution is -2.41. The molecule has 0 spiro atoms. The fraction of sp³-hybridized carbons (Fsp3) is 0.619. The second-order valence-electron chi connectivity index (χ2n) is 8.12. The quantitative estimate of drug-likeness (QED) is 0.724. The molecule has 0 bridgehead atoms. The first-order chi connectivity index (χ1) is 12.7. The highest BCUT2D eigenvalue weighted by molar-refractivity contribution is 5.70. The molecule has 0 saturated carbocycles. The van der Waals surface area contributed by atoms with Crippen LogP contribution >= 0.6 is 0 Å². The number of amides is 1. The Labute approximate surface area is 161 Å². The van der Waals surface area contributed by atoms with Crippen molar-refractivity contribution in [3.8, 4) is 5.75 Å². The molecule has 1 saturated heterocycles. The van der Waals surface area contributed by atoms with Crippen LogP contribution in [-0.4, -0.2) is 47.4 Å². The summed E-state index contributed by atoms with van der Waals surface area (Å²) in [5, 5.41) is 8.77. The molecule has 6 heteroatoms. The van der Waals surface area contributed by atoms with E-state index < -0.39 is 11.6 Å². The van der Waals surface area contributed by atoms with Crippen LogP contribution < -0.4 is 4.74 Å². The highest BCUT2D eigenvalue weighted by atomic mass is 16.6. The van der Waals surface area contributed by atoms with Crippen LogP contribution in [0.15, 0.2) is 24.3 Å². The minimum absolute atomic E-state index is 0.0300. The number of hydrogen-bond donors (Lipinski definition) is 1. The molecule has 1 aromatic carbocycles. The number of nitrogens with zero attached hydrogens (tertiary/aromatic N) is 1. The lowest BCUT2D eigenvalue weighted by Gasteiger charge is -2.33. The first-order valence-corrected chi connectivity index (χ1v) is 9.64. The summed E-state index contributed by atoms with van der Waals surface area (Å²) < 4.78 is 11.2. The summed E-state index contributed by atoms with van der Waals surface area (Å²) in [5.74, 6) is 0.551. The number of carbonyl (C=O) groups is 2. The molecule has 1 amide bonds. The number of aliphatic carboxylic acids is 1. The monoisotopic (exact) mass is 377 g/mol. The molecule has 0 radical (unpaired) electrons. The molecule has 1 aliphatic rings. The number of carboxylic acids is 1. The number of hydrogen-bond acceptors (Lipinski definition) is 4. The molecule has 2 rings (SSSR count). The molecule has 1 aliphatic heterocycles. The maximum absolute atomic E-state index is 12.1. The van der Waals surface area contributed by atoms with Crippen LogP contribution in [0.2, 0.25) is 0 Å². The Morgan fingerprint density at radius 3 is 2.33 bits per heavy atom. The van der Waals surface area contributed by atoms with Gasteiger partial charge in [-0.25, -0.2) is 4.79 Å². The Hall–Kier alpha value is -2.24. The standard InChI is InChI=1S/C21H31NO5/c1-21(2,3)27-20(25)22-12-10-16(11-13-22)5-4-14-26-18-8-6-17(7-9-18)15-19(23)24/h6-9,16H,4-5,10-15H2,1-3H3,(H,23,24). The number of benzene rings is 1. The van der Waals surface area contributed by atoms with Gasteiger partial charge in [-0.3, -0.25) is 4.79 Å². The zero-order valence-electron chi connectivity index (χ0n) is 16.6. The maximum atomic E-state index is 12.1. The van der Waals surface area contributed by atoms with E-state index in [0.29, 0.717) is 12.5 Å². The summed E-state index contributed by atoms with van der Waals surface area (Å²) in [5.41, 5.74) is 0.323. The van der Waals surface area contributed by atoms with E-state index in [1.807, 2.05) is 32.9 Å². The van der Waals surface area contributed by atoms with Gasteiger partial charge in [0.15, 0.2) is 0 Å². The molecule has 27 heavy (non-hydrogen) atoms. The SMILES string of the molecule is CC(C)(C)OC(=O)N1CCC(CCCOc2ccc(CC(=O)O)cc2)CC1. The Morgan fingerprint density at radius 1 is 1.15 bits per heavy atom. The van der Waals surface area contributed by atoms with E-state index in [4.69, 9.17) is 14.6 Å². The highest BCUT2D eigenvalue weighted by Crippen LogP contribution is 2.23. The lowest BCUT2D eigenvalue weighted by molar-refractivity contribution is -0.136. The molecule has 0 aromatic heterocycles. The number of carboxylic acid groups (broad SMARTS) is 1. The van der Waals surface area contributed by atoms with Gasteiger partial charge in [0.1, 0.15) is 11.4 Å². The van der Waals surface area contributed by atoms with E-state index in [1.165, 1.54) is 0 Å². The van der Waals surface area contributed by atoms with E-state index in [2.05, 4.69) is 0 Å². The third kappa shape index (κ3) is 7.89. The van der Waals surface area contributed by atoms with E-state index in [9.17, 15) is 9.59 Å². The van der Waals surface area contributed by atoms with Gasteiger partial charge < -0.3 is 19.5 Å². The maximum Gasteiger partial charge on any atom is 0.410 e. The van der Waals surface area contributed by atoms with Crippen molar-refractivity contribution in [1.82, 2.24) is 4.90 Å². The van der Waals surface area contributed by atoms with Crippen LogP contribution in [0.4, 0.5) is 4.79 Å². The minimum Gasteiger partial charge on any atom is -0.494 e. The van der Waals surface area contributed by atoms with Crippen LogP contribution in [0, 0.1) is 5.92 Å². The lowest BCUT2D eigenvalue weighted by atomic mass is 9.92. The smallest absolute Gasteiger partial charge is 0.410 e. The second kappa shape index (κ2) is 9.62. The molecular weight excluding hydrogens is 346 g/mol. The summed E-state index contributed by atoms with van der Waals surface area (Å²) in [7, 11) is 0. The fourth-order valence-electron chi connectivity index (χ4n) is 3.17. The zero-order chi connectivity index (χ0) is 19.9. The second-order valence-corrected chi connectivity index (χ2v) is 8.12. The predicted molar refractivity (Wildman–Crippen MR) is 103 cm³/mol. The third-order valence-electron chi connectivity index (χ3n) is 4.57. The van der Waals surface area contributed by atoms with Crippen LogP contribution in [0.1, 0.15) is 52.0 Å². The highest BCUT2D eigenvalue weighted by Gasteiger charge is 2.26. The van der Waals surface area contributed by atoms with Gasteiger partial charge in [0.25, 0.3) is 0 Å². The van der Waals surface area contributed by atoms with Crippen LogP contribution in [0.25, 0.3) is 0 Å². The van der Waals surface area contributed by atoms with Gasteiger partial charge in [-0.15, -0.1) is 0 Å². The zero-order valence-corrected chi connectivity index (χ0v) is 16.6. The van der Waals surface area contributed by atoms with Crippen LogP contribution in [0.3, 0.4) is 0 Å². The molecule has 1 aromatic rings.